The number of benzene rings is 1. The first-order valence-corrected chi connectivity index (χ1v) is 7.80. The van der Waals surface area contributed by atoms with E-state index in [0.29, 0.717) is 0 Å². The van der Waals surface area contributed by atoms with Crippen molar-refractivity contribution in [3.8, 4) is 0 Å². The quantitative estimate of drug-likeness (QED) is 0.908. The summed E-state index contributed by atoms with van der Waals surface area (Å²) in [6.45, 7) is 7.89. The maximum atomic E-state index is 13.4. The molecule has 2 aliphatic heterocycles. The van der Waals surface area contributed by atoms with Crippen LogP contribution in [0.15, 0.2) is 18.2 Å². The first-order valence-electron chi connectivity index (χ1n) is 7.80. The van der Waals surface area contributed by atoms with E-state index < -0.39 is 0 Å². The lowest BCUT2D eigenvalue weighted by Gasteiger charge is -2.30. The van der Waals surface area contributed by atoms with Crippen LogP contribution in [0.2, 0.25) is 0 Å². The topological polar surface area (TPSA) is 27.7 Å². The van der Waals surface area contributed by atoms with Gasteiger partial charge in [-0.15, -0.1) is 0 Å². The van der Waals surface area contributed by atoms with Gasteiger partial charge in [0.05, 0.1) is 13.2 Å². The van der Waals surface area contributed by atoms with Gasteiger partial charge < -0.3 is 15.0 Å². The van der Waals surface area contributed by atoms with Crippen molar-refractivity contribution in [1.29, 1.82) is 0 Å². The van der Waals surface area contributed by atoms with Crippen LogP contribution in [0.4, 0.5) is 10.1 Å². The number of hydrogen-bond acceptors (Lipinski definition) is 4. The Hall–Kier alpha value is -1.17. The molecule has 21 heavy (non-hydrogen) atoms. The van der Waals surface area contributed by atoms with Gasteiger partial charge in [-0.25, -0.2) is 4.39 Å². The zero-order chi connectivity index (χ0) is 14.5. The predicted molar refractivity (Wildman–Crippen MR) is 82.4 cm³/mol. The molecule has 4 nitrogen and oxygen atoms in total. The molecule has 0 spiro atoms. The molecule has 1 aromatic carbocycles. The van der Waals surface area contributed by atoms with Crippen LogP contribution in [0.3, 0.4) is 0 Å². The molecule has 1 N–H and O–H groups in total. The summed E-state index contributed by atoms with van der Waals surface area (Å²) in [4.78, 5) is 4.66. The molecule has 3 rings (SSSR count). The average Bonchev–Trinajstić information content (AvgIpc) is 2.57. The Morgan fingerprint density at radius 3 is 2.52 bits per heavy atom. The Kier molecular flexibility index (Phi) is 5.06. The van der Waals surface area contributed by atoms with Gasteiger partial charge in [0, 0.05) is 51.5 Å². The average molecular weight is 293 g/mol. The van der Waals surface area contributed by atoms with Gasteiger partial charge in [-0.1, -0.05) is 6.07 Å². The predicted octanol–water partition coefficient (Wildman–Crippen LogP) is 1.40. The number of alkyl halides is 1. The van der Waals surface area contributed by atoms with Crippen LogP contribution >= 0.6 is 0 Å². The summed E-state index contributed by atoms with van der Waals surface area (Å²) in [6.07, 6.45) is 0. The minimum atomic E-state index is -0.389. The number of rotatable bonds is 4. The number of nitrogens with one attached hydrogen (secondary N) is 1. The van der Waals surface area contributed by atoms with Crippen molar-refractivity contribution in [1.82, 2.24) is 10.2 Å². The molecule has 0 bridgehead atoms. The molecule has 0 saturated carbocycles. The lowest BCUT2D eigenvalue weighted by molar-refractivity contribution is 0.122. The third kappa shape index (κ3) is 3.73. The van der Waals surface area contributed by atoms with Crippen LogP contribution in [0.25, 0.3) is 0 Å². The van der Waals surface area contributed by atoms with Crippen LogP contribution in [-0.4, -0.2) is 57.4 Å². The first-order chi connectivity index (χ1) is 10.4. The molecule has 2 saturated heterocycles. The van der Waals surface area contributed by atoms with Gasteiger partial charge in [-0.3, -0.25) is 4.90 Å². The number of nitrogens with zero attached hydrogens (tertiary/aromatic N) is 2. The van der Waals surface area contributed by atoms with Crippen molar-refractivity contribution < 1.29 is 9.13 Å². The highest BCUT2D eigenvalue weighted by Gasteiger charge is 2.15. The number of anilines is 1. The molecule has 0 aliphatic carbocycles. The Morgan fingerprint density at radius 1 is 1.05 bits per heavy atom. The molecule has 2 aliphatic rings. The summed E-state index contributed by atoms with van der Waals surface area (Å²) < 4.78 is 18.8. The van der Waals surface area contributed by atoms with Crippen molar-refractivity contribution in [3.63, 3.8) is 0 Å². The SMILES string of the molecule is FCc1cc(N2CCOCC2)ccc1CN1CCNCC1. The fraction of sp³-hybridized carbons (Fsp3) is 0.625. The second kappa shape index (κ2) is 7.20. The zero-order valence-electron chi connectivity index (χ0n) is 12.5. The van der Waals surface area contributed by atoms with E-state index >= 15 is 0 Å². The molecule has 0 amide bonds. The van der Waals surface area contributed by atoms with Crippen molar-refractivity contribution in [2.24, 2.45) is 0 Å². The first kappa shape index (κ1) is 14.8. The van der Waals surface area contributed by atoms with Crippen LogP contribution in [0.5, 0.6) is 0 Å². The zero-order valence-corrected chi connectivity index (χ0v) is 12.5. The molecule has 0 aromatic heterocycles. The molecule has 2 fully saturated rings. The van der Waals surface area contributed by atoms with Crippen molar-refractivity contribution in [2.45, 2.75) is 13.2 Å². The summed E-state index contributed by atoms with van der Waals surface area (Å²) >= 11 is 0. The van der Waals surface area contributed by atoms with Gasteiger partial charge in [-0.05, 0) is 23.3 Å². The summed E-state index contributed by atoms with van der Waals surface area (Å²) in [5, 5.41) is 3.35. The van der Waals surface area contributed by atoms with Crippen molar-refractivity contribution in [2.75, 3.05) is 57.4 Å². The maximum Gasteiger partial charge on any atom is 0.115 e. The number of piperazine rings is 1. The molecule has 5 heteroatoms. The summed E-state index contributed by atoms with van der Waals surface area (Å²) in [5.74, 6) is 0. The third-order valence-electron chi connectivity index (χ3n) is 4.31. The molecule has 0 radical (unpaired) electrons. The molecule has 2 heterocycles. The highest BCUT2D eigenvalue weighted by Crippen LogP contribution is 2.23. The minimum Gasteiger partial charge on any atom is -0.378 e. The second-order valence-corrected chi connectivity index (χ2v) is 5.71. The normalized spacial score (nSPS) is 20.7. The smallest absolute Gasteiger partial charge is 0.115 e. The largest absolute Gasteiger partial charge is 0.378 e. The fourth-order valence-electron chi connectivity index (χ4n) is 3.02. The number of hydrogen-bond donors (Lipinski definition) is 1. The fourth-order valence-corrected chi connectivity index (χ4v) is 3.02. The van der Waals surface area contributed by atoms with Crippen LogP contribution in [0.1, 0.15) is 11.1 Å². The van der Waals surface area contributed by atoms with E-state index in [1.807, 2.05) is 6.07 Å². The van der Waals surface area contributed by atoms with E-state index in [0.717, 1.165) is 75.8 Å². The number of ether oxygens (including phenoxy) is 1. The number of morpholine rings is 1. The Bertz CT molecular complexity index is 457. The lowest BCUT2D eigenvalue weighted by atomic mass is 10.1. The lowest BCUT2D eigenvalue weighted by Crippen LogP contribution is -2.43. The molecule has 0 unspecified atom stereocenters. The van der Waals surface area contributed by atoms with Gasteiger partial charge >= 0.3 is 0 Å². The van der Waals surface area contributed by atoms with Crippen LogP contribution < -0.4 is 10.2 Å². The summed E-state index contributed by atoms with van der Waals surface area (Å²) in [6, 6.07) is 6.24. The Morgan fingerprint density at radius 2 is 1.81 bits per heavy atom. The number of halogens is 1. The second-order valence-electron chi connectivity index (χ2n) is 5.71. The summed E-state index contributed by atoms with van der Waals surface area (Å²) in [5.41, 5.74) is 3.07. The third-order valence-corrected chi connectivity index (χ3v) is 4.31. The molecule has 1 aromatic rings. The van der Waals surface area contributed by atoms with E-state index in [-0.39, 0.29) is 6.67 Å². The molecule has 0 atom stereocenters. The standard InChI is InChI=1S/C16H24FN3O/c17-12-15-11-16(20-7-9-21-10-8-20)2-1-14(15)13-19-5-3-18-4-6-19/h1-2,11,18H,3-10,12-13H2. The highest BCUT2D eigenvalue weighted by molar-refractivity contribution is 5.51. The van der Waals surface area contributed by atoms with E-state index in [1.54, 1.807) is 0 Å². The Labute approximate surface area is 125 Å². The van der Waals surface area contributed by atoms with Gasteiger partial charge in [0.1, 0.15) is 6.67 Å². The molecular formula is C16H24FN3O. The van der Waals surface area contributed by atoms with E-state index in [4.69, 9.17) is 4.74 Å². The molecular weight excluding hydrogens is 269 g/mol. The van der Waals surface area contributed by atoms with Gasteiger partial charge in [0.2, 0.25) is 0 Å². The Balaban J connectivity index is 1.71. The minimum absolute atomic E-state index is 0.389. The monoisotopic (exact) mass is 293 g/mol. The maximum absolute atomic E-state index is 13.4. The van der Waals surface area contributed by atoms with Crippen LogP contribution in [-0.2, 0) is 18.0 Å². The van der Waals surface area contributed by atoms with Gasteiger partial charge in [-0.2, -0.15) is 0 Å². The van der Waals surface area contributed by atoms with Crippen molar-refractivity contribution >= 4 is 5.69 Å². The van der Waals surface area contributed by atoms with Gasteiger partial charge in [0.15, 0.2) is 0 Å². The van der Waals surface area contributed by atoms with Crippen LogP contribution in [0, 0.1) is 0 Å². The van der Waals surface area contributed by atoms with E-state index in [2.05, 4.69) is 27.2 Å². The highest BCUT2D eigenvalue weighted by atomic mass is 19.1. The van der Waals surface area contributed by atoms with E-state index in [1.165, 1.54) is 0 Å². The van der Waals surface area contributed by atoms with E-state index in [9.17, 15) is 4.39 Å². The van der Waals surface area contributed by atoms with Crippen molar-refractivity contribution in [3.05, 3.63) is 29.3 Å². The summed E-state index contributed by atoms with van der Waals surface area (Å²) in [7, 11) is 0. The van der Waals surface area contributed by atoms with Gasteiger partial charge in [0.25, 0.3) is 0 Å². The molecule has 116 valence electrons.